The highest BCUT2D eigenvalue weighted by atomic mass is 16.7. The van der Waals surface area contributed by atoms with Crippen molar-refractivity contribution in [2.75, 3.05) is 19.8 Å². The van der Waals surface area contributed by atoms with Crippen molar-refractivity contribution < 1.29 is 49.0 Å². The Balaban J connectivity index is 2.30. The van der Waals surface area contributed by atoms with Gasteiger partial charge in [0.1, 0.15) is 31.0 Å². The molecule has 0 amide bonds. The zero-order valence-corrected chi connectivity index (χ0v) is 34.7. The summed E-state index contributed by atoms with van der Waals surface area (Å²) in [6, 6.07) is 0. The predicted molar refractivity (Wildman–Crippen MR) is 215 cm³/mol. The molecule has 1 heterocycles. The standard InChI is InChI=1S/C44H84O10/c1-3-5-7-9-11-13-15-17-18-19-21-22-24-26-28-30-32-39(46)51-35-37(36-52-44-43(50)42(49)41(48)38(34-45)54-44)53-40(47)33-31-29-27-25-23-20-16-14-12-10-8-6-4-2/h37-38,41-45,48-50H,3-36H2,1-2H3/t37-,38-,41+,42?,43?,44-/m0/s1. The average Bonchev–Trinajstić information content (AvgIpc) is 3.17. The topological polar surface area (TPSA) is 152 Å². The molecule has 0 aliphatic carbocycles. The van der Waals surface area contributed by atoms with Crippen molar-refractivity contribution >= 4 is 11.9 Å². The molecule has 320 valence electrons. The van der Waals surface area contributed by atoms with Gasteiger partial charge in [0.2, 0.25) is 0 Å². The number of esters is 2. The van der Waals surface area contributed by atoms with Gasteiger partial charge in [0, 0.05) is 12.8 Å². The van der Waals surface area contributed by atoms with Crippen molar-refractivity contribution in [3.8, 4) is 0 Å². The number of rotatable bonds is 38. The number of hydrogen-bond acceptors (Lipinski definition) is 10. The van der Waals surface area contributed by atoms with Crippen LogP contribution < -0.4 is 0 Å². The van der Waals surface area contributed by atoms with E-state index in [0.717, 1.165) is 38.5 Å². The number of carbonyl (C=O) groups is 2. The maximum Gasteiger partial charge on any atom is 0.306 e. The molecule has 2 unspecified atom stereocenters. The maximum atomic E-state index is 12.7. The van der Waals surface area contributed by atoms with Gasteiger partial charge in [-0.25, -0.2) is 0 Å². The highest BCUT2D eigenvalue weighted by molar-refractivity contribution is 5.70. The van der Waals surface area contributed by atoms with E-state index in [4.69, 9.17) is 18.9 Å². The predicted octanol–water partition coefficient (Wildman–Crippen LogP) is 9.39. The Hall–Kier alpha value is -1.30. The molecule has 1 aliphatic rings. The lowest BCUT2D eigenvalue weighted by molar-refractivity contribution is -0.305. The third-order valence-electron chi connectivity index (χ3n) is 10.7. The molecule has 1 fully saturated rings. The first kappa shape index (κ1) is 50.7. The minimum Gasteiger partial charge on any atom is -0.462 e. The van der Waals surface area contributed by atoms with Crippen molar-refractivity contribution in [1.29, 1.82) is 0 Å². The number of carbonyl (C=O) groups excluding carboxylic acids is 2. The van der Waals surface area contributed by atoms with E-state index in [1.165, 1.54) is 141 Å². The van der Waals surface area contributed by atoms with Gasteiger partial charge >= 0.3 is 11.9 Å². The molecule has 1 aliphatic heterocycles. The second-order valence-corrected chi connectivity index (χ2v) is 15.9. The van der Waals surface area contributed by atoms with Crippen LogP contribution in [0.25, 0.3) is 0 Å². The van der Waals surface area contributed by atoms with Crippen molar-refractivity contribution in [1.82, 2.24) is 0 Å². The van der Waals surface area contributed by atoms with E-state index < -0.39 is 49.4 Å². The fourth-order valence-electron chi connectivity index (χ4n) is 7.13. The van der Waals surface area contributed by atoms with Gasteiger partial charge in [-0.3, -0.25) is 9.59 Å². The molecular weight excluding hydrogens is 688 g/mol. The molecule has 6 atom stereocenters. The Bertz CT molecular complexity index is 855. The molecular formula is C44H84O10. The SMILES string of the molecule is CCCCCCCCCCCCCCCCCCC(=O)OC[C@@H](CO[C@H]1O[C@@H](CO)[C@@H](O)C(O)C1O)OC(=O)CCCCCCCCCCCCCCC. The van der Waals surface area contributed by atoms with Crippen LogP contribution in [0.5, 0.6) is 0 Å². The van der Waals surface area contributed by atoms with Gasteiger partial charge < -0.3 is 39.4 Å². The fraction of sp³-hybridized carbons (Fsp3) is 0.955. The van der Waals surface area contributed by atoms with Crippen molar-refractivity contribution in [3.63, 3.8) is 0 Å². The molecule has 0 aromatic carbocycles. The summed E-state index contributed by atoms with van der Waals surface area (Å²) in [7, 11) is 0. The maximum absolute atomic E-state index is 12.7. The Morgan fingerprint density at radius 3 is 1.26 bits per heavy atom. The Morgan fingerprint density at radius 1 is 0.500 bits per heavy atom. The normalized spacial score (nSPS) is 20.6. The lowest BCUT2D eigenvalue weighted by atomic mass is 9.99. The van der Waals surface area contributed by atoms with Gasteiger partial charge in [-0.2, -0.15) is 0 Å². The van der Waals surface area contributed by atoms with Gasteiger partial charge in [0.25, 0.3) is 0 Å². The summed E-state index contributed by atoms with van der Waals surface area (Å²) in [6.07, 6.45) is 28.2. The zero-order valence-electron chi connectivity index (χ0n) is 34.7. The number of aliphatic hydroxyl groups excluding tert-OH is 4. The van der Waals surface area contributed by atoms with Crippen LogP contribution >= 0.6 is 0 Å². The quantitative estimate of drug-likeness (QED) is 0.0353. The van der Waals surface area contributed by atoms with Gasteiger partial charge in [0.15, 0.2) is 12.4 Å². The molecule has 0 bridgehead atoms. The van der Waals surface area contributed by atoms with Crippen LogP contribution in [0.2, 0.25) is 0 Å². The summed E-state index contributed by atoms with van der Waals surface area (Å²) in [5.74, 6) is -0.792. The van der Waals surface area contributed by atoms with E-state index in [0.29, 0.717) is 6.42 Å². The molecule has 10 nitrogen and oxygen atoms in total. The Morgan fingerprint density at radius 2 is 0.870 bits per heavy atom. The molecule has 0 radical (unpaired) electrons. The Labute approximate surface area is 329 Å². The van der Waals surface area contributed by atoms with Crippen LogP contribution in [-0.2, 0) is 28.5 Å². The van der Waals surface area contributed by atoms with E-state index in [2.05, 4.69) is 13.8 Å². The van der Waals surface area contributed by atoms with Gasteiger partial charge in [0.05, 0.1) is 13.2 Å². The van der Waals surface area contributed by atoms with Gasteiger partial charge in [-0.1, -0.05) is 187 Å². The molecule has 0 spiro atoms. The first-order valence-electron chi connectivity index (χ1n) is 22.6. The molecule has 10 heteroatoms. The summed E-state index contributed by atoms with van der Waals surface area (Å²) in [4.78, 5) is 25.3. The first-order valence-corrected chi connectivity index (χ1v) is 22.6. The first-order chi connectivity index (χ1) is 26.3. The van der Waals surface area contributed by atoms with E-state index >= 15 is 0 Å². The van der Waals surface area contributed by atoms with Crippen LogP contribution in [0.15, 0.2) is 0 Å². The second kappa shape index (κ2) is 36.1. The average molecular weight is 773 g/mol. The number of aliphatic hydroxyl groups is 4. The molecule has 0 aromatic rings. The number of hydrogen-bond donors (Lipinski definition) is 4. The third kappa shape index (κ3) is 27.3. The van der Waals surface area contributed by atoms with E-state index in [9.17, 15) is 30.0 Å². The highest BCUT2D eigenvalue weighted by Gasteiger charge is 2.44. The minimum absolute atomic E-state index is 0.209. The lowest BCUT2D eigenvalue weighted by Gasteiger charge is -2.39. The molecule has 0 saturated carbocycles. The van der Waals surface area contributed by atoms with Crippen LogP contribution in [0.4, 0.5) is 0 Å². The van der Waals surface area contributed by atoms with E-state index in [1.807, 2.05) is 0 Å². The van der Waals surface area contributed by atoms with Crippen molar-refractivity contribution in [2.45, 2.75) is 250 Å². The monoisotopic (exact) mass is 773 g/mol. The highest BCUT2D eigenvalue weighted by Crippen LogP contribution is 2.23. The van der Waals surface area contributed by atoms with Crippen LogP contribution in [-0.4, -0.2) is 89.0 Å². The zero-order chi connectivity index (χ0) is 39.5. The molecule has 0 aromatic heterocycles. The summed E-state index contributed by atoms with van der Waals surface area (Å²) >= 11 is 0. The van der Waals surface area contributed by atoms with Crippen LogP contribution in [0, 0.1) is 0 Å². The summed E-state index contributed by atoms with van der Waals surface area (Å²) in [5.41, 5.74) is 0. The van der Waals surface area contributed by atoms with E-state index in [-0.39, 0.29) is 32.0 Å². The largest absolute Gasteiger partial charge is 0.462 e. The fourth-order valence-corrected chi connectivity index (χ4v) is 7.13. The van der Waals surface area contributed by atoms with Crippen molar-refractivity contribution in [3.05, 3.63) is 0 Å². The van der Waals surface area contributed by atoms with Crippen molar-refractivity contribution in [2.24, 2.45) is 0 Å². The summed E-state index contributed by atoms with van der Waals surface area (Å²) in [6.45, 7) is 3.45. The summed E-state index contributed by atoms with van der Waals surface area (Å²) in [5, 5.41) is 40.0. The van der Waals surface area contributed by atoms with E-state index in [1.54, 1.807) is 0 Å². The molecule has 4 N–H and O–H groups in total. The van der Waals surface area contributed by atoms with Crippen LogP contribution in [0.1, 0.15) is 213 Å². The minimum atomic E-state index is -1.59. The second-order valence-electron chi connectivity index (χ2n) is 15.9. The summed E-state index contributed by atoms with van der Waals surface area (Å²) < 4.78 is 22.2. The lowest BCUT2D eigenvalue weighted by Crippen LogP contribution is -2.59. The molecule has 1 saturated heterocycles. The molecule has 1 rings (SSSR count). The third-order valence-corrected chi connectivity index (χ3v) is 10.7. The smallest absolute Gasteiger partial charge is 0.306 e. The number of ether oxygens (including phenoxy) is 4. The Kier molecular flexibility index (Phi) is 33.9. The molecule has 54 heavy (non-hydrogen) atoms. The van der Waals surface area contributed by atoms with Crippen LogP contribution in [0.3, 0.4) is 0 Å². The van der Waals surface area contributed by atoms with Gasteiger partial charge in [-0.15, -0.1) is 0 Å². The number of unbranched alkanes of at least 4 members (excludes halogenated alkanes) is 27. The van der Waals surface area contributed by atoms with Gasteiger partial charge in [-0.05, 0) is 12.8 Å².